The van der Waals surface area contributed by atoms with Gasteiger partial charge in [-0.2, -0.15) is 0 Å². The van der Waals surface area contributed by atoms with Crippen LogP contribution in [-0.2, 0) is 16.1 Å². The number of aromatic nitrogens is 3. The van der Waals surface area contributed by atoms with Gasteiger partial charge in [-0.1, -0.05) is 11.6 Å². The van der Waals surface area contributed by atoms with Gasteiger partial charge in [0, 0.05) is 17.7 Å². The zero-order valence-electron chi connectivity index (χ0n) is 14.7. The van der Waals surface area contributed by atoms with Gasteiger partial charge >= 0.3 is 0 Å². The molecule has 0 spiro atoms. The summed E-state index contributed by atoms with van der Waals surface area (Å²) in [6, 6.07) is 5.09. The summed E-state index contributed by atoms with van der Waals surface area (Å²) in [5, 5.41) is 13.2. The quantitative estimate of drug-likeness (QED) is 0.779. The molecule has 1 aliphatic carbocycles. The molecule has 1 saturated carbocycles. The van der Waals surface area contributed by atoms with Crippen LogP contribution >= 0.6 is 0 Å². The fourth-order valence-corrected chi connectivity index (χ4v) is 2.59. The number of methoxy groups -OCH3 is 2. The fourth-order valence-electron chi connectivity index (χ4n) is 2.59. The second kappa shape index (κ2) is 7.85. The normalized spacial score (nSPS) is 13.6. The van der Waals surface area contributed by atoms with Crippen LogP contribution in [0.25, 0.3) is 0 Å². The molecule has 2 amide bonds. The van der Waals surface area contributed by atoms with Crippen molar-refractivity contribution >= 4 is 23.3 Å². The van der Waals surface area contributed by atoms with Crippen molar-refractivity contribution in [1.29, 1.82) is 0 Å². The number of hydrogen-bond acceptors (Lipinski definition) is 6. The lowest BCUT2D eigenvalue weighted by Gasteiger charge is -2.23. The molecule has 9 heteroatoms. The average Bonchev–Trinajstić information content (AvgIpc) is 2.99. The van der Waals surface area contributed by atoms with E-state index in [4.69, 9.17) is 9.47 Å². The Hall–Kier alpha value is -3.10. The van der Waals surface area contributed by atoms with Crippen molar-refractivity contribution in [2.75, 3.05) is 24.9 Å². The molecule has 0 radical (unpaired) electrons. The van der Waals surface area contributed by atoms with Crippen LogP contribution in [0.4, 0.5) is 11.5 Å². The minimum absolute atomic E-state index is 0.0271. The summed E-state index contributed by atoms with van der Waals surface area (Å²) < 4.78 is 11.7. The molecule has 138 valence electrons. The van der Waals surface area contributed by atoms with Crippen LogP contribution in [0.2, 0.25) is 0 Å². The highest BCUT2D eigenvalue weighted by molar-refractivity contribution is 5.92. The standard InChI is InChI=1S/C17H21N5O4/c1-25-13-7-6-12(8-14(13)26-2)18-16(23)10-22-9-15(20-21-22)19-17(24)11-4-3-5-11/h6-9,11H,3-5,10H2,1-2H3,(H,18,23)(H,19,24). The summed E-state index contributed by atoms with van der Waals surface area (Å²) in [5.41, 5.74) is 0.575. The lowest BCUT2D eigenvalue weighted by atomic mass is 9.85. The number of ether oxygens (including phenoxy) is 2. The second-order valence-corrected chi connectivity index (χ2v) is 6.04. The molecule has 1 heterocycles. The monoisotopic (exact) mass is 359 g/mol. The number of carbonyl (C=O) groups excluding carboxylic acids is 2. The highest BCUT2D eigenvalue weighted by Crippen LogP contribution is 2.29. The summed E-state index contributed by atoms with van der Waals surface area (Å²) in [7, 11) is 3.07. The molecule has 1 aliphatic rings. The van der Waals surface area contributed by atoms with E-state index in [0.29, 0.717) is 23.0 Å². The molecule has 2 N–H and O–H groups in total. The maximum absolute atomic E-state index is 12.2. The highest BCUT2D eigenvalue weighted by atomic mass is 16.5. The van der Waals surface area contributed by atoms with Crippen LogP contribution in [-0.4, -0.2) is 41.0 Å². The summed E-state index contributed by atoms with van der Waals surface area (Å²) in [6.07, 6.45) is 4.44. The lowest BCUT2D eigenvalue weighted by molar-refractivity contribution is -0.122. The van der Waals surface area contributed by atoms with Gasteiger partial charge in [0.2, 0.25) is 11.8 Å². The Labute approximate surface area is 150 Å². The van der Waals surface area contributed by atoms with E-state index < -0.39 is 0 Å². The van der Waals surface area contributed by atoms with Gasteiger partial charge in [0.1, 0.15) is 6.54 Å². The predicted molar refractivity (Wildman–Crippen MR) is 94.2 cm³/mol. The number of benzene rings is 1. The first-order valence-corrected chi connectivity index (χ1v) is 8.32. The molecule has 2 aromatic rings. The Bertz CT molecular complexity index is 800. The first-order valence-electron chi connectivity index (χ1n) is 8.32. The van der Waals surface area contributed by atoms with E-state index in [-0.39, 0.29) is 24.3 Å². The van der Waals surface area contributed by atoms with Gasteiger partial charge in [-0.3, -0.25) is 9.59 Å². The lowest BCUT2D eigenvalue weighted by Crippen LogP contribution is -2.28. The molecule has 3 rings (SSSR count). The molecular weight excluding hydrogens is 338 g/mol. The molecule has 0 bridgehead atoms. The van der Waals surface area contributed by atoms with Gasteiger partial charge < -0.3 is 20.1 Å². The molecule has 1 aromatic heterocycles. The van der Waals surface area contributed by atoms with Gasteiger partial charge in [0.15, 0.2) is 17.3 Å². The maximum Gasteiger partial charge on any atom is 0.246 e. The zero-order chi connectivity index (χ0) is 18.5. The Morgan fingerprint density at radius 1 is 1.19 bits per heavy atom. The Kier molecular flexibility index (Phi) is 5.35. The number of anilines is 2. The number of carbonyl (C=O) groups is 2. The van der Waals surface area contributed by atoms with Crippen molar-refractivity contribution in [3.05, 3.63) is 24.4 Å². The van der Waals surface area contributed by atoms with Crippen molar-refractivity contribution < 1.29 is 19.1 Å². The summed E-state index contributed by atoms with van der Waals surface area (Å²) in [6.45, 7) is -0.0271. The Morgan fingerprint density at radius 2 is 1.96 bits per heavy atom. The van der Waals surface area contributed by atoms with E-state index >= 15 is 0 Å². The molecule has 0 unspecified atom stereocenters. The number of amides is 2. The summed E-state index contributed by atoms with van der Waals surface area (Å²) in [4.78, 5) is 24.1. The summed E-state index contributed by atoms with van der Waals surface area (Å²) in [5.74, 6) is 1.19. The molecule has 26 heavy (non-hydrogen) atoms. The van der Waals surface area contributed by atoms with E-state index in [9.17, 15) is 9.59 Å². The molecule has 0 atom stereocenters. The molecule has 0 saturated heterocycles. The van der Waals surface area contributed by atoms with Gasteiger partial charge in [0.25, 0.3) is 0 Å². The smallest absolute Gasteiger partial charge is 0.246 e. The van der Waals surface area contributed by atoms with Crippen molar-refractivity contribution in [1.82, 2.24) is 15.0 Å². The SMILES string of the molecule is COc1ccc(NC(=O)Cn2cc(NC(=O)C3CCC3)nn2)cc1OC. The molecule has 1 fully saturated rings. The van der Waals surface area contributed by atoms with E-state index in [1.165, 1.54) is 18.0 Å². The maximum atomic E-state index is 12.2. The van der Waals surface area contributed by atoms with E-state index in [0.717, 1.165) is 19.3 Å². The van der Waals surface area contributed by atoms with Gasteiger partial charge in [-0.25, -0.2) is 4.68 Å². The number of nitrogens with zero attached hydrogens (tertiary/aromatic N) is 3. The molecule has 0 aliphatic heterocycles. The second-order valence-electron chi connectivity index (χ2n) is 6.04. The molecule has 9 nitrogen and oxygen atoms in total. The molecular formula is C17H21N5O4. The Morgan fingerprint density at radius 3 is 2.62 bits per heavy atom. The predicted octanol–water partition coefficient (Wildman–Crippen LogP) is 1.67. The first kappa shape index (κ1) is 17.7. The van der Waals surface area contributed by atoms with Gasteiger partial charge in [-0.05, 0) is 25.0 Å². The van der Waals surface area contributed by atoms with Crippen molar-refractivity contribution in [3.8, 4) is 11.5 Å². The topological polar surface area (TPSA) is 107 Å². The third-order valence-corrected chi connectivity index (χ3v) is 4.24. The van der Waals surface area contributed by atoms with Crippen LogP contribution < -0.4 is 20.1 Å². The van der Waals surface area contributed by atoms with Gasteiger partial charge in [-0.15, -0.1) is 5.10 Å². The third-order valence-electron chi connectivity index (χ3n) is 4.24. The number of rotatable bonds is 7. The minimum atomic E-state index is -0.279. The first-order chi connectivity index (χ1) is 12.6. The van der Waals surface area contributed by atoms with E-state index in [2.05, 4.69) is 20.9 Å². The van der Waals surface area contributed by atoms with Crippen LogP contribution in [0, 0.1) is 5.92 Å². The zero-order valence-corrected chi connectivity index (χ0v) is 14.7. The Balaban J connectivity index is 1.55. The largest absolute Gasteiger partial charge is 0.493 e. The van der Waals surface area contributed by atoms with Crippen LogP contribution in [0.3, 0.4) is 0 Å². The van der Waals surface area contributed by atoms with Gasteiger partial charge in [0.05, 0.1) is 20.4 Å². The number of hydrogen-bond donors (Lipinski definition) is 2. The third kappa shape index (κ3) is 4.11. The minimum Gasteiger partial charge on any atom is -0.493 e. The highest BCUT2D eigenvalue weighted by Gasteiger charge is 2.25. The van der Waals surface area contributed by atoms with Crippen molar-refractivity contribution in [2.24, 2.45) is 5.92 Å². The van der Waals surface area contributed by atoms with Crippen LogP contribution in [0.15, 0.2) is 24.4 Å². The van der Waals surface area contributed by atoms with E-state index in [1.54, 1.807) is 25.3 Å². The number of nitrogens with one attached hydrogen (secondary N) is 2. The molecule has 1 aromatic carbocycles. The average molecular weight is 359 g/mol. The van der Waals surface area contributed by atoms with Crippen molar-refractivity contribution in [2.45, 2.75) is 25.8 Å². The van der Waals surface area contributed by atoms with Crippen LogP contribution in [0.5, 0.6) is 11.5 Å². The van der Waals surface area contributed by atoms with Crippen LogP contribution in [0.1, 0.15) is 19.3 Å². The van der Waals surface area contributed by atoms with E-state index in [1.807, 2.05) is 0 Å². The fraction of sp³-hybridized carbons (Fsp3) is 0.412. The van der Waals surface area contributed by atoms with Crippen molar-refractivity contribution in [3.63, 3.8) is 0 Å². The summed E-state index contributed by atoms with van der Waals surface area (Å²) >= 11 is 0.